The second-order valence-corrected chi connectivity index (χ2v) is 8.60. The van der Waals surface area contributed by atoms with E-state index in [9.17, 15) is 19.2 Å². The van der Waals surface area contributed by atoms with Crippen molar-refractivity contribution in [1.29, 1.82) is 0 Å². The van der Waals surface area contributed by atoms with Gasteiger partial charge in [-0.05, 0) is 17.5 Å². The summed E-state index contributed by atoms with van der Waals surface area (Å²) in [7, 11) is 0. The Morgan fingerprint density at radius 2 is 1.11 bits per heavy atom. The maximum atomic E-state index is 13.1. The SMILES string of the molecule is NC(Cc1ccccc1)C(=O)NC(Cc1ccccc1)C(=O)NC(CS)C(=O)NC(CS)C(=O)O. The fraction of sp³-hybridized carbons (Fsp3) is 0.333. The third-order valence-corrected chi connectivity index (χ3v) is 5.89. The van der Waals surface area contributed by atoms with Crippen molar-refractivity contribution in [3.8, 4) is 0 Å². The second kappa shape index (κ2) is 14.4. The number of amides is 3. The summed E-state index contributed by atoms with van der Waals surface area (Å²) in [6, 6.07) is 14.1. The lowest BCUT2D eigenvalue weighted by molar-refractivity contribution is -0.141. The lowest BCUT2D eigenvalue weighted by Crippen LogP contribution is -2.58. The molecule has 0 aliphatic heterocycles. The molecular weight excluding hydrogens is 488 g/mol. The molecule has 9 nitrogen and oxygen atoms in total. The molecule has 0 saturated heterocycles. The summed E-state index contributed by atoms with van der Waals surface area (Å²) in [6.07, 6.45) is 0.445. The van der Waals surface area contributed by atoms with Gasteiger partial charge in [0.2, 0.25) is 17.7 Å². The first kappa shape index (κ1) is 28.2. The van der Waals surface area contributed by atoms with Crippen LogP contribution in [-0.4, -0.2) is 64.5 Å². The van der Waals surface area contributed by atoms with Crippen molar-refractivity contribution in [2.24, 2.45) is 5.73 Å². The number of carboxylic acids is 1. The number of carbonyl (C=O) groups excluding carboxylic acids is 3. The molecule has 4 unspecified atom stereocenters. The predicted molar refractivity (Wildman–Crippen MR) is 139 cm³/mol. The van der Waals surface area contributed by atoms with Gasteiger partial charge in [-0.3, -0.25) is 14.4 Å². The molecule has 4 atom stereocenters. The minimum Gasteiger partial charge on any atom is -0.480 e. The Kier molecular flexibility index (Phi) is 11.6. The van der Waals surface area contributed by atoms with E-state index in [0.29, 0.717) is 0 Å². The van der Waals surface area contributed by atoms with Crippen LogP contribution in [0.2, 0.25) is 0 Å². The van der Waals surface area contributed by atoms with Crippen LogP contribution in [0.15, 0.2) is 60.7 Å². The maximum absolute atomic E-state index is 13.1. The van der Waals surface area contributed by atoms with Crippen molar-refractivity contribution >= 4 is 48.9 Å². The van der Waals surface area contributed by atoms with Crippen LogP contribution in [-0.2, 0) is 32.0 Å². The zero-order chi connectivity index (χ0) is 25.8. The predicted octanol–water partition coefficient (Wildman–Crippen LogP) is 0.198. The highest BCUT2D eigenvalue weighted by molar-refractivity contribution is 7.80. The van der Waals surface area contributed by atoms with Crippen LogP contribution in [0.5, 0.6) is 0 Å². The average molecular weight is 519 g/mol. The molecule has 0 fully saturated rings. The van der Waals surface area contributed by atoms with Gasteiger partial charge in [0.15, 0.2) is 0 Å². The van der Waals surface area contributed by atoms with E-state index in [-0.39, 0.29) is 24.3 Å². The van der Waals surface area contributed by atoms with Crippen molar-refractivity contribution in [1.82, 2.24) is 16.0 Å². The minimum absolute atomic E-state index is 0.0873. The first-order valence-corrected chi connectivity index (χ1v) is 12.2. The Labute approximate surface area is 215 Å². The number of hydrogen-bond donors (Lipinski definition) is 7. The molecule has 0 bridgehead atoms. The molecule has 0 heterocycles. The van der Waals surface area contributed by atoms with E-state index < -0.39 is 47.9 Å². The maximum Gasteiger partial charge on any atom is 0.327 e. The van der Waals surface area contributed by atoms with Crippen molar-refractivity contribution in [2.75, 3.05) is 11.5 Å². The van der Waals surface area contributed by atoms with E-state index >= 15 is 0 Å². The highest BCUT2D eigenvalue weighted by Gasteiger charge is 2.29. The Morgan fingerprint density at radius 1 is 0.686 bits per heavy atom. The van der Waals surface area contributed by atoms with Gasteiger partial charge in [0.25, 0.3) is 0 Å². The molecule has 2 aromatic rings. The highest BCUT2D eigenvalue weighted by Crippen LogP contribution is 2.07. The summed E-state index contributed by atoms with van der Waals surface area (Å²) in [4.78, 5) is 49.6. The van der Waals surface area contributed by atoms with E-state index in [1.807, 2.05) is 48.5 Å². The normalized spacial score (nSPS) is 14.1. The number of rotatable bonds is 13. The number of carboxylic acid groups (broad SMARTS) is 1. The lowest BCUT2D eigenvalue weighted by atomic mass is 10.0. The Morgan fingerprint density at radius 3 is 1.60 bits per heavy atom. The zero-order valence-electron chi connectivity index (χ0n) is 19.0. The third-order valence-electron chi connectivity index (χ3n) is 5.16. The quantitative estimate of drug-likeness (QED) is 0.188. The number of aliphatic carboxylic acids is 1. The van der Waals surface area contributed by atoms with Gasteiger partial charge in [-0.15, -0.1) is 0 Å². The molecule has 0 radical (unpaired) electrons. The summed E-state index contributed by atoms with van der Waals surface area (Å²) >= 11 is 8.03. The number of benzene rings is 2. The van der Waals surface area contributed by atoms with Crippen molar-refractivity contribution in [3.63, 3.8) is 0 Å². The standard InChI is InChI=1S/C24H30N4O5S2/c25-17(11-15-7-3-1-4-8-15)21(29)26-18(12-16-9-5-2-6-10-16)22(30)27-19(13-34)23(31)28-20(14-35)24(32)33/h1-10,17-20,34-35H,11-14,25H2,(H,26,29)(H,27,30)(H,28,31)(H,32,33). The van der Waals surface area contributed by atoms with Gasteiger partial charge >= 0.3 is 5.97 Å². The van der Waals surface area contributed by atoms with Crippen LogP contribution in [0, 0.1) is 0 Å². The van der Waals surface area contributed by atoms with E-state index in [1.54, 1.807) is 12.1 Å². The fourth-order valence-corrected chi connectivity index (χ4v) is 3.73. The van der Waals surface area contributed by atoms with Gasteiger partial charge in [-0.2, -0.15) is 25.3 Å². The van der Waals surface area contributed by atoms with E-state index in [4.69, 9.17) is 10.8 Å². The molecule has 2 aromatic carbocycles. The number of hydrogen-bond acceptors (Lipinski definition) is 7. The Bertz CT molecular complexity index is 994. The van der Waals surface area contributed by atoms with Crippen LogP contribution < -0.4 is 21.7 Å². The van der Waals surface area contributed by atoms with E-state index in [2.05, 4.69) is 41.2 Å². The minimum atomic E-state index is -1.25. The molecule has 35 heavy (non-hydrogen) atoms. The summed E-state index contributed by atoms with van der Waals surface area (Å²) in [5.41, 5.74) is 7.75. The first-order valence-electron chi connectivity index (χ1n) is 10.9. The van der Waals surface area contributed by atoms with Gasteiger partial charge < -0.3 is 26.8 Å². The largest absolute Gasteiger partial charge is 0.480 e. The van der Waals surface area contributed by atoms with Crippen molar-refractivity contribution in [3.05, 3.63) is 71.8 Å². The Balaban J connectivity index is 2.12. The number of nitrogens with two attached hydrogens (primary N) is 1. The van der Waals surface area contributed by atoms with E-state index in [0.717, 1.165) is 11.1 Å². The summed E-state index contributed by atoms with van der Waals surface area (Å²) in [5.74, 6) is -3.32. The van der Waals surface area contributed by atoms with Crippen molar-refractivity contribution < 1.29 is 24.3 Å². The monoisotopic (exact) mass is 518 g/mol. The smallest absolute Gasteiger partial charge is 0.327 e. The molecule has 0 aliphatic carbocycles. The van der Waals surface area contributed by atoms with Gasteiger partial charge in [-0.1, -0.05) is 60.7 Å². The summed E-state index contributed by atoms with van der Waals surface area (Å²) in [5, 5.41) is 16.7. The lowest BCUT2D eigenvalue weighted by Gasteiger charge is -2.24. The van der Waals surface area contributed by atoms with Crippen molar-refractivity contribution in [2.45, 2.75) is 37.0 Å². The molecule has 0 saturated carbocycles. The Hall–Kier alpha value is -3.02. The van der Waals surface area contributed by atoms with Gasteiger partial charge in [0, 0.05) is 17.9 Å². The topological polar surface area (TPSA) is 151 Å². The fourth-order valence-electron chi connectivity index (χ4n) is 3.22. The number of carbonyl (C=O) groups is 4. The second-order valence-electron chi connectivity index (χ2n) is 7.87. The third kappa shape index (κ3) is 9.27. The summed E-state index contributed by atoms with van der Waals surface area (Å²) in [6.45, 7) is 0. The number of thiol groups is 2. The zero-order valence-corrected chi connectivity index (χ0v) is 20.8. The molecule has 2 rings (SSSR count). The summed E-state index contributed by atoms with van der Waals surface area (Å²) < 4.78 is 0. The molecule has 3 amide bonds. The van der Waals surface area contributed by atoms with Crippen LogP contribution in [0.4, 0.5) is 0 Å². The molecule has 11 heteroatoms. The van der Waals surface area contributed by atoms with Gasteiger partial charge in [-0.25, -0.2) is 4.79 Å². The van der Waals surface area contributed by atoms with Gasteiger partial charge in [0.05, 0.1) is 6.04 Å². The number of nitrogens with one attached hydrogen (secondary N) is 3. The molecule has 0 aromatic heterocycles. The first-order chi connectivity index (χ1) is 16.7. The van der Waals surface area contributed by atoms with Crippen LogP contribution >= 0.6 is 25.3 Å². The van der Waals surface area contributed by atoms with E-state index in [1.165, 1.54) is 0 Å². The molecular formula is C24H30N4O5S2. The average Bonchev–Trinajstić information content (AvgIpc) is 2.86. The highest BCUT2D eigenvalue weighted by atomic mass is 32.1. The van der Waals surface area contributed by atoms with Crippen LogP contribution in [0.1, 0.15) is 11.1 Å². The molecule has 0 aliphatic rings. The van der Waals surface area contributed by atoms with Gasteiger partial charge in [0.1, 0.15) is 18.1 Å². The molecule has 188 valence electrons. The molecule has 6 N–H and O–H groups in total. The molecule has 0 spiro atoms. The van der Waals surface area contributed by atoms with Crippen LogP contribution in [0.25, 0.3) is 0 Å². The van der Waals surface area contributed by atoms with Crippen LogP contribution in [0.3, 0.4) is 0 Å².